The SMILES string of the molecule is COc1cccc(CN(C)C(=O)[C@H]2NCCO[C@@H]2C)c1. The third-order valence-corrected chi connectivity index (χ3v) is 3.51. The zero-order valence-corrected chi connectivity index (χ0v) is 12.3. The molecular weight excluding hydrogens is 256 g/mol. The van der Waals surface area contributed by atoms with Crippen LogP contribution >= 0.6 is 0 Å². The van der Waals surface area contributed by atoms with E-state index < -0.39 is 0 Å². The molecule has 1 aliphatic rings. The van der Waals surface area contributed by atoms with E-state index in [1.165, 1.54) is 0 Å². The molecule has 5 nitrogen and oxygen atoms in total. The molecule has 20 heavy (non-hydrogen) atoms. The van der Waals surface area contributed by atoms with Crippen molar-refractivity contribution in [3.8, 4) is 5.75 Å². The van der Waals surface area contributed by atoms with Crippen LogP contribution in [0.15, 0.2) is 24.3 Å². The minimum atomic E-state index is -0.264. The molecule has 1 aliphatic heterocycles. The normalized spacial score (nSPS) is 22.4. The number of benzene rings is 1. The molecule has 2 atom stereocenters. The molecule has 5 heteroatoms. The third-order valence-electron chi connectivity index (χ3n) is 3.51. The first-order chi connectivity index (χ1) is 9.61. The molecule has 110 valence electrons. The summed E-state index contributed by atoms with van der Waals surface area (Å²) in [5.41, 5.74) is 1.05. The molecular formula is C15H22N2O3. The summed E-state index contributed by atoms with van der Waals surface area (Å²) in [7, 11) is 3.45. The Bertz CT molecular complexity index is 464. The van der Waals surface area contributed by atoms with Crippen LogP contribution in [0.25, 0.3) is 0 Å². The molecule has 1 saturated heterocycles. The van der Waals surface area contributed by atoms with Crippen LogP contribution in [0.4, 0.5) is 0 Å². The van der Waals surface area contributed by atoms with Gasteiger partial charge in [0.05, 0.1) is 19.8 Å². The number of rotatable bonds is 4. The highest BCUT2D eigenvalue weighted by atomic mass is 16.5. The number of hydrogen-bond donors (Lipinski definition) is 1. The Balaban J connectivity index is 1.99. The summed E-state index contributed by atoms with van der Waals surface area (Å²) < 4.78 is 10.7. The number of methoxy groups -OCH3 is 1. The van der Waals surface area contributed by atoms with Crippen LogP contribution in [-0.4, -0.2) is 50.3 Å². The maximum atomic E-state index is 12.4. The number of amides is 1. The van der Waals surface area contributed by atoms with E-state index in [2.05, 4.69) is 5.32 Å². The molecule has 0 radical (unpaired) electrons. The lowest BCUT2D eigenvalue weighted by atomic mass is 10.1. The smallest absolute Gasteiger partial charge is 0.242 e. The summed E-state index contributed by atoms with van der Waals surface area (Å²) in [6, 6.07) is 7.49. The molecule has 0 aromatic heterocycles. The van der Waals surface area contributed by atoms with E-state index in [0.29, 0.717) is 19.7 Å². The van der Waals surface area contributed by atoms with Gasteiger partial charge in [-0.2, -0.15) is 0 Å². The third kappa shape index (κ3) is 3.49. The highest BCUT2D eigenvalue weighted by Crippen LogP contribution is 2.15. The first-order valence-electron chi connectivity index (χ1n) is 6.84. The van der Waals surface area contributed by atoms with E-state index >= 15 is 0 Å². The van der Waals surface area contributed by atoms with Crippen LogP contribution in [0, 0.1) is 0 Å². The first kappa shape index (κ1) is 14.8. The van der Waals surface area contributed by atoms with Crippen molar-refractivity contribution in [3.05, 3.63) is 29.8 Å². The van der Waals surface area contributed by atoms with E-state index in [1.807, 2.05) is 38.2 Å². The number of carbonyl (C=O) groups excluding carboxylic acids is 1. The van der Waals surface area contributed by atoms with Gasteiger partial charge in [-0.15, -0.1) is 0 Å². The van der Waals surface area contributed by atoms with Crippen LogP contribution in [-0.2, 0) is 16.1 Å². The molecule has 0 spiro atoms. The Kier molecular flexibility index (Phi) is 4.98. The van der Waals surface area contributed by atoms with Gasteiger partial charge in [-0.1, -0.05) is 12.1 Å². The van der Waals surface area contributed by atoms with E-state index in [1.54, 1.807) is 12.0 Å². The summed E-state index contributed by atoms with van der Waals surface area (Å²) >= 11 is 0. The molecule has 0 aliphatic carbocycles. The van der Waals surface area contributed by atoms with Crippen molar-refractivity contribution in [2.75, 3.05) is 27.3 Å². The van der Waals surface area contributed by atoms with Crippen LogP contribution < -0.4 is 10.1 Å². The fourth-order valence-electron chi connectivity index (χ4n) is 2.37. The van der Waals surface area contributed by atoms with Gasteiger partial charge in [0.25, 0.3) is 0 Å². The van der Waals surface area contributed by atoms with Crippen molar-refractivity contribution in [2.24, 2.45) is 0 Å². The maximum Gasteiger partial charge on any atom is 0.242 e. The predicted octanol–water partition coefficient (Wildman–Crippen LogP) is 1.03. The quantitative estimate of drug-likeness (QED) is 0.894. The molecule has 1 aromatic rings. The van der Waals surface area contributed by atoms with Crippen LogP contribution in [0.3, 0.4) is 0 Å². The Morgan fingerprint density at radius 3 is 3.05 bits per heavy atom. The topological polar surface area (TPSA) is 50.8 Å². The minimum absolute atomic E-state index is 0.0556. The van der Waals surface area contributed by atoms with Crippen LogP contribution in [0.2, 0.25) is 0 Å². The van der Waals surface area contributed by atoms with E-state index in [4.69, 9.17) is 9.47 Å². The zero-order valence-electron chi connectivity index (χ0n) is 12.3. The molecule has 0 saturated carbocycles. The lowest BCUT2D eigenvalue weighted by Gasteiger charge is -2.32. The molecule has 1 fully saturated rings. The number of ether oxygens (including phenoxy) is 2. The largest absolute Gasteiger partial charge is 0.497 e. The number of morpholine rings is 1. The van der Waals surface area contributed by atoms with E-state index in [0.717, 1.165) is 11.3 Å². The average molecular weight is 278 g/mol. The van der Waals surface area contributed by atoms with Crippen molar-refractivity contribution in [3.63, 3.8) is 0 Å². The van der Waals surface area contributed by atoms with Crippen LogP contribution in [0.5, 0.6) is 5.75 Å². The first-order valence-corrected chi connectivity index (χ1v) is 6.84. The van der Waals surface area contributed by atoms with Crippen LogP contribution in [0.1, 0.15) is 12.5 Å². The van der Waals surface area contributed by atoms with E-state index in [9.17, 15) is 4.79 Å². The summed E-state index contributed by atoms with van der Waals surface area (Å²) in [5, 5.41) is 3.22. The second-order valence-corrected chi connectivity index (χ2v) is 5.05. The standard InChI is InChI=1S/C15H22N2O3/c1-11-14(16-7-8-20-11)15(18)17(2)10-12-5-4-6-13(9-12)19-3/h4-6,9,11,14,16H,7-8,10H2,1-3H3/t11-,14+/m1/s1. The Morgan fingerprint density at radius 2 is 2.35 bits per heavy atom. The Labute approximate surface area is 119 Å². The fourth-order valence-corrected chi connectivity index (χ4v) is 2.37. The van der Waals surface area contributed by atoms with Crippen molar-refractivity contribution in [1.29, 1.82) is 0 Å². The summed E-state index contributed by atoms with van der Waals surface area (Å²) in [6.07, 6.45) is -0.0935. The summed E-state index contributed by atoms with van der Waals surface area (Å²) in [5.74, 6) is 0.857. The zero-order chi connectivity index (χ0) is 14.5. The second-order valence-electron chi connectivity index (χ2n) is 5.05. The van der Waals surface area contributed by atoms with Gasteiger partial charge >= 0.3 is 0 Å². The number of nitrogens with zero attached hydrogens (tertiary/aromatic N) is 1. The molecule has 1 aromatic carbocycles. The van der Waals surface area contributed by atoms with Gasteiger partial charge in [0.15, 0.2) is 0 Å². The van der Waals surface area contributed by atoms with Crippen molar-refractivity contribution >= 4 is 5.91 Å². The fraction of sp³-hybridized carbons (Fsp3) is 0.533. The molecule has 2 rings (SSSR count). The number of carbonyl (C=O) groups is 1. The van der Waals surface area contributed by atoms with Crippen molar-refractivity contribution in [1.82, 2.24) is 10.2 Å². The molecule has 0 unspecified atom stereocenters. The van der Waals surface area contributed by atoms with Gasteiger partial charge in [0, 0.05) is 20.1 Å². The molecule has 1 heterocycles. The number of likely N-dealkylation sites (N-methyl/N-ethyl adjacent to an activating group) is 1. The van der Waals surface area contributed by atoms with Gasteiger partial charge in [0.1, 0.15) is 11.8 Å². The highest BCUT2D eigenvalue weighted by molar-refractivity contribution is 5.82. The summed E-state index contributed by atoms with van der Waals surface area (Å²) in [6.45, 7) is 3.85. The molecule has 1 amide bonds. The second kappa shape index (κ2) is 6.72. The van der Waals surface area contributed by atoms with Gasteiger partial charge in [-0.05, 0) is 24.6 Å². The van der Waals surface area contributed by atoms with Gasteiger partial charge < -0.3 is 19.7 Å². The van der Waals surface area contributed by atoms with Crippen molar-refractivity contribution in [2.45, 2.75) is 25.6 Å². The Morgan fingerprint density at radius 1 is 1.55 bits per heavy atom. The van der Waals surface area contributed by atoms with Gasteiger partial charge in [-0.3, -0.25) is 4.79 Å². The monoisotopic (exact) mass is 278 g/mol. The lowest BCUT2D eigenvalue weighted by Crippen LogP contribution is -2.55. The Hall–Kier alpha value is -1.59. The number of hydrogen-bond acceptors (Lipinski definition) is 4. The lowest BCUT2D eigenvalue weighted by molar-refractivity contribution is -0.138. The minimum Gasteiger partial charge on any atom is -0.497 e. The highest BCUT2D eigenvalue weighted by Gasteiger charge is 2.30. The van der Waals surface area contributed by atoms with Gasteiger partial charge in [0.2, 0.25) is 5.91 Å². The summed E-state index contributed by atoms with van der Waals surface area (Å²) in [4.78, 5) is 14.1. The van der Waals surface area contributed by atoms with Gasteiger partial charge in [-0.25, -0.2) is 0 Å². The maximum absolute atomic E-state index is 12.4. The van der Waals surface area contributed by atoms with Crippen molar-refractivity contribution < 1.29 is 14.3 Å². The predicted molar refractivity (Wildman–Crippen MR) is 76.7 cm³/mol. The average Bonchev–Trinajstić information content (AvgIpc) is 2.47. The molecule has 1 N–H and O–H groups in total. The van der Waals surface area contributed by atoms with E-state index in [-0.39, 0.29) is 18.1 Å². The molecule has 0 bridgehead atoms. The number of nitrogens with one attached hydrogen (secondary N) is 1.